The van der Waals surface area contributed by atoms with Crippen LogP contribution in [-0.4, -0.2) is 51.4 Å². The molecule has 6 heteroatoms. The van der Waals surface area contributed by atoms with E-state index in [-0.39, 0.29) is 11.5 Å². The lowest BCUT2D eigenvalue weighted by Crippen LogP contribution is -2.48. The third-order valence-electron chi connectivity index (χ3n) is 5.97. The summed E-state index contributed by atoms with van der Waals surface area (Å²) in [6, 6.07) is 15.7. The van der Waals surface area contributed by atoms with Gasteiger partial charge in [-0.25, -0.2) is 4.98 Å². The van der Waals surface area contributed by atoms with Crippen LogP contribution >= 0.6 is 0 Å². The smallest absolute Gasteiger partial charge is 0.261 e. The van der Waals surface area contributed by atoms with Crippen LogP contribution in [0.2, 0.25) is 0 Å². The Bertz CT molecular complexity index is 1110. The first-order valence-corrected chi connectivity index (χ1v) is 10.3. The molecule has 2 aromatic carbocycles. The molecule has 0 bridgehead atoms. The Morgan fingerprint density at radius 1 is 0.966 bits per heavy atom. The molecule has 148 valence electrons. The molecule has 2 aliphatic heterocycles. The highest BCUT2D eigenvalue weighted by molar-refractivity contribution is 5.97. The zero-order chi connectivity index (χ0) is 19.8. The molecule has 1 saturated heterocycles. The summed E-state index contributed by atoms with van der Waals surface area (Å²) < 4.78 is 1.76. The molecule has 1 aromatic heterocycles. The van der Waals surface area contributed by atoms with E-state index >= 15 is 0 Å². The van der Waals surface area contributed by atoms with Crippen LogP contribution in [0.1, 0.15) is 28.2 Å². The monoisotopic (exact) mass is 388 g/mol. The molecule has 0 unspecified atom stereocenters. The van der Waals surface area contributed by atoms with Gasteiger partial charge in [0.25, 0.3) is 11.5 Å². The van der Waals surface area contributed by atoms with E-state index in [9.17, 15) is 9.59 Å². The molecule has 5 rings (SSSR count). The van der Waals surface area contributed by atoms with Crippen molar-refractivity contribution in [3.8, 4) is 0 Å². The SMILES string of the molecule is O=C(c1ccc2c(=O)n3c(nc2c1)CCC3)N1CCN(Cc2ccccc2)CC1. The maximum absolute atomic E-state index is 13.0. The Hall–Kier alpha value is -2.99. The van der Waals surface area contributed by atoms with Gasteiger partial charge in [-0.2, -0.15) is 0 Å². The van der Waals surface area contributed by atoms with Gasteiger partial charge in [0.1, 0.15) is 5.82 Å². The predicted molar refractivity (Wildman–Crippen MR) is 112 cm³/mol. The van der Waals surface area contributed by atoms with E-state index in [2.05, 4.69) is 34.1 Å². The van der Waals surface area contributed by atoms with Crippen LogP contribution < -0.4 is 5.56 Å². The largest absolute Gasteiger partial charge is 0.336 e. The molecule has 2 aliphatic rings. The van der Waals surface area contributed by atoms with Gasteiger partial charge < -0.3 is 4.90 Å². The average Bonchev–Trinajstić information content (AvgIpc) is 3.23. The van der Waals surface area contributed by atoms with Crippen LogP contribution in [0, 0.1) is 0 Å². The van der Waals surface area contributed by atoms with Crippen LogP contribution in [0.4, 0.5) is 0 Å². The quantitative estimate of drug-likeness (QED) is 0.691. The second-order valence-corrected chi connectivity index (χ2v) is 7.87. The van der Waals surface area contributed by atoms with E-state index in [4.69, 9.17) is 0 Å². The molecular weight excluding hydrogens is 364 g/mol. The molecule has 0 aliphatic carbocycles. The molecule has 0 atom stereocenters. The summed E-state index contributed by atoms with van der Waals surface area (Å²) in [4.78, 5) is 34.6. The summed E-state index contributed by atoms with van der Waals surface area (Å²) >= 11 is 0. The van der Waals surface area contributed by atoms with Gasteiger partial charge >= 0.3 is 0 Å². The fourth-order valence-electron chi connectivity index (χ4n) is 4.35. The summed E-state index contributed by atoms with van der Waals surface area (Å²) in [6.07, 6.45) is 1.78. The minimum Gasteiger partial charge on any atom is -0.336 e. The van der Waals surface area contributed by atoms with E-state index in [1.165, 1.54) is 5.56 Å². The predicted octanol–water partition coefficient (Wildman–Crippen LogP) is 2.30. The summed E-state index contributed by atoms with van der Waals surface area (Å²) in [5.41, 5.74) is 2.56. The van der Waals surface area contributed by atoms with Crippen molar-refractivity contribution in [1.82, 2.24) is 19.4 Å². The van der Waals surface area contributed by atoms with Crippen LogP contribution in [-0.2, 0) is 19.5 Å². The molecule has 29 heavy (non-hydrogen) atoms. The van der Waals surface area contributed by atoms with E-state index in [0.717, 1.165) is 44.8 Å². The van der Waals surface area contributed by atoms with Gasteiger partial charge in [0.05, 0.1) is 10.9 Å². The number of aryl methyl sites for hydroxylation is 1. The van der Waals surface area contributed by atoms with Crippen LogP contribution in [0.3, 0.4) is 0 Å². The normalized spacial score (nSPS) is 16.9. The zero-order valence-corrected chi connectivity index (χ0v) is 16.4. The second kappa shape index (κ2) is 7.44. The molecule has 1 amide bonds. The molecule has 0 radical (unpaired) electrons. The minimum absolute atomic E-state index is 0.0102. The van der Waals surface area contributed by atoms with Crippen molar-refractivity contribution in [2.45, 2.75) is 25.9 Å². The van der Waals surface area contributed by atoms with Crippen molar-refractivity contribution in [3.05, 3.63) is 75.8 Å². The van der Waals surface area contributed by atoms with Gasteiger partial charge in [-0.15, -0.1) is 0 Å². The molecule has 0 spiro atoms. The summed E-state index contributed by atoms with van der Waals surface area (Å²) in [5, 5.41) is 0.597. The maximum Gasteiger partial charge on any atom is 0.261 e. The first kappa shape index (κ1) is 18.1. The third-order valence-corrected chi connectivity index (χ3v) is 5.97. The maximum atomic E-state index is 13.0. The van der Waals surface area contributed by atoms with Crippen molar-refractivity contribution >= 4 is 16.8 Å². The highest BCUT2D eigenvalue weighted by atomic mass is 16.2. The Balaban J connectivity index is 1.30. The van der Waals surface area contributed by atoms with Gasteiger partial charge in [0, 0.05) is 51.3 Å². The molecule has 0 saturated carbocycles. The number of carbonyl (C=O) groups excluding carboxylic acids is 1. The van der Waals surface area contributed by atoms with Gasteiger partial charge in [0.2, 0.25) is 0 Å². The van der Waals surface area contributed by atoms with Gasteiger partial charge in [-0.3, -0.25) is 19.1 Å². The fraction of sp³-hybridized carbons (Fsp3) is 0.348. The number of hydrogen-bond donors (Lipinski definition) is 0. The number of carbonyl (C=O) groups is 1. The Morgan fingerprint density at radius 2 is 1.76 bits per heavy atom. The number of nitrogens with zero attached hydrogens (tertiary/aromatic N) is 4. The van der Waals surface area contributed by atoms with E-state index in [1.54, 1.807) is 22.8 Å². The van der Waals surface area contributed by atoms with Crippen LogP contribution in [0.15, 0.2) is 53.3 Å². The fourth-order valence-corrected chi connectivity index (χ4v) is 4.35. The molecule has 0 N–H and O–H groups in total. The Kier molecular flexibility index (Phi) is 4.64. The van der Waals surface area contributed by atoms with Crippen molar-refractivity contribution in [3.63, 3.8) is 0 Å². The highest BCUT2D eigenvalue weighted by Gasteiger charge is 2.23. The first-order chi connectivity index (χ1) is 14.2. The zero-order valence-electron chi connectivity index (χ0n) is 16.4. The molecular formula is C23H24N4O2. The van der Waals surface area contributed by atoms with Gasteiger partial charge in [-0.1, -0.05) is 30.3 Å². The van der Waals surface area contributed by atoms with Crippen molar-refractivity contribution in [1.29, 1.82) is 0 Å². The topological polar surface area (TPSA) is 58.4 Å². The summed E-state index contributed by atoms with van der Waals surface area (Å²) in [7, 11) is 0. The lowest BCUT2D eigenvalue weighted by Gasteiger charge is -2.34. The van der Waals surface area contributed by atoms with Crippen LogP contribution in [0.5, 0.6) is 0 Å². The second-order valence-electron chi connectivity index (χ2n) is 7.87. The van der Waals surface area contributed by atoms with Crippen molar-refractivity contribution in [2.24, 2.45) is 0 Å². The van der Waals surface area contributed by atoms with E-state index in [0.29, 0.717) is 29.6 Å². The number of rotatable bonds is 3. The van der Waals surface area contributed by atoms with Crippen molar-refractivity contribution in [2.75, 3.05) is 26.2 Å². The average molecular weight is 388 g/mol. The number of benzene rings is 2. The molecule has 3 aromatic rings. The Labute approximate surface area is 169 Å². The number of hydrogen-bond acceptors (Lipinski definition) is 4. The first-order valence-electron chi connectivity index (χ1n) is 10.3. The number of piperazine rings is 1. The molecule has 3 heterocycles. The number of amides is 1. The number of fused-ring (bicyclic) bond motifs is 2. The lowest BCUT2D eigenvalue weighted by atomic mass is 10.1. The molecule has 6 nitrogen and oxygen atoms in total. The van der Waals surface area contributed by atoms with Crippen molar-refractivity contribution < 1.29 is 4.79 Å². The van der Waals surface area contributed by atoms with Gasteiger partial charge in [0.15, 0.2) is 0 Å². The minimum atomic E-state index is 0.0102. The third kappa shape index (κ3) is 3.44. The van der Waals surface area contributed by atoms with Crippen LogP contribution in [0.25, 0.3) is 10.9 Å². The lowest BCUT2D eigenvalue weighted by molar-refractivity contribution is 0.0628. The number of aromatic nitrogens is 2. The van der Waals surface area contributed by atoms with E-state index < -0.39 is 0 Å². The standard InChI is InChI=1S/C23H24N4O2/c28-22(26-13-11-25(12-14-26)16-17-5-2-1-3-6-17)18-8-9-19-20(15-18)24-21-7-4-10-27(21)23(19)29/h1-3,5-6,8-9,15H,4,7,10-14,16H2. The highest BCUT2D eigenvalue weighted by Crippen LogP contribution is 2.18. The van der Waals surface area contributed by atoms with E-state index in [1.807, 2.05) is 11.0 Å². The Morgan fingerprint density at radius 3 is 2.55 bits per heavy atom. The molecule has 1 fully saturated rings. The summed E-state index contributed by atoms with van der Waals surface area (Å²) in [5.74, 6) is 0.857. The van der Waals surface area contributed by atoms with Gasteiger partial charge in [-0.05, 0) is 30.2 Å². The summed E-state index contributed by atoms with van der Waals surface area (Å²) in [6.45, 7) is 4.81.